The van der Waals surface area contributed by atoms with Crippen LogP contribution in [-0.4, -0.2) is 52.1 Å². The minimum absolute atomic E-state index is 0.0774. The highest BCUT2D eigenvalue weighted by Crippen LogP contribution is 2.33. The summed E-state index contributed by atoms with van der Waals surface area (Å²) >= 11 is 1.53. The predicted octanol–water partition coefficient (Wildman–Crippen LogP) is 2.15. The second-order valence-electron chi connectivity index (χ2n) is 7.49. The van der Waals surface area contributed by atoms with Crippen molar-refractivity contribution in [2.24, 2.45) is 5.92 Å². The molecule has 28 heavy (non-hydrogen) atoms. The molecule has 1 fully saturated rings. The third-order valence-electron chi connectivity index (χ3n) is 5.51. The Labute approximate surface area is 166 Å². The van der Waals surface area contributed by atoms with Gasteiger partial charge in [0.25, 0.3) is 11.8 Å². The fourth-order valence-electron chi connectivity index (χ4n) is 3.73. The lowest BCUT2D eigenvalue weighted by Crippen LogP contribution is -2.40. The van der Waals surface area contributed by atoms with Crippen LogP contribution in [0, 0.1) is 5.92 Å². The molecule has 2 aromatic rings. The van der Waals surface area contributed by atoms with Gasteiger partial charge in [0.15, 0.2) is 5.13 Å². The van der Waals surface area contributed by atoms with E-state index in [1.807, 2.05) is 0 Å². The number of anilines is 1. The van der Waals surface area contributed by atoms with Crippen LogP contribution < -0.4 is 5.32 Å². The number of fused-ring (bicyclic) bond motifs is 2. The summed E-state index contributed by atoms with van der Waals surface area (Å²) in [7, 11) is 0. The van der Waals surface area contributed by atoms with Gasteiger partial charge >= 0.3 is 0 Å². The van der Waals surface area contributed by atoms with Crippen LogP contribution in [0.5, 0.6) is 0 Å². The largest absolute Gasteiger partial charge is 0.302 e. The van der Waals surface area contributed by atoms with Crippen molar-refractivity contribution in [1.82, 2.24) is 14.8 Å². The number of benzene rings is 1. The summed E-state index contributed by atoms with van der Waals surface area (Å²) in [6, 6.07) is 6.97. The van der Waals surface area contributed by atoms with Gasteiger partial charge in [-0.25, -0.2) is 4.98 Å². The van der Waals surface area contributed by atoms with E-state index in [0.29, 0.717) is 29.3 Å². The van der Waals surface area contributed by atoms with Gasteiger partial charge in [-0.2, -0.15) is 0 Å². The first-order valence-corrected chi connectivity index (χ1v) is 10.4. The number of rotatable bonds is 5. The van der Waals surface area contributed by atoms with Crippen molar-refractivity contribution in [1.29, 1.82) is 0 Å². The van der Waals surface area contributed by atoms with E-state index in [9.17, 15) is 14.4 Å². The van der Waals surface area contributed by atoms with Gasteiger partial charge in [0.2, 0.25) is 5.91 Å². The monoisotopic (exact) mass is 396 g/mol. The Morgan fingerprint density at radius 3 is 2.54 bits per heavy atom. The summed E-state index contributed by atoms with van der Waals surface area (Å²) in [5, 5.41) is 3.61. The third kappa shape index (κ3) is 3.12. The number of nitrogens with zero attached hydrogens (tertiary/aromatic N) is 3. The normalized spacial score (nSPS) is 18.9. The molecule has 144 valence electrons. The van der Waals surface area contributed by atoms with Gasteiger partial charge in [-0.05, 0) is 25.0 Å². The van der Waals surface area contributed by atoms with Gasteiger partial charge in [0, 0.05) is 43.4 Å². The van der Waals surface area contributed by atoms with Crippen molar-refractivity contribution in [2.45, 2.75) is 25.8 Å². The van der Waals surface area contributed by atoms with Crippen molar-refractivity contribution >= 4 is 34.2 Å². The van der Waals surface area contributed by atoms with E-state index in [1.165, 1.54) is 16.2 Å². The highest BCUT2D eigenvalue weighted by atomic mass is 32.1. The lowest BCUT2D eigenvalue weighted by atomic mass is 10.1. The van der Waals surface area contributed by atoms with Crippen molar-refractivity contribution in [3.05, 3.63) is 46.0 Å². The Hall–Kier alpha value is -2.58. The predicted molar refractivity (Wildman–Crippen MR) is 104 cm³/mol. The van der Waals surface area contributed by atoms with Crippen molar-refractivity contribution in [3.63, 3.8) is 0 Å². The van der Waals surface area contributed by atoms with E-state index in [-0.39, 0.29) is 23.6 Å². The lowest BCUT2D eigenvalue weighted by Gasteiger charge is -2.27. The van der Waals surface area contributed by atoms with E-state index >= 15 is 0 Å². The van der Waals surface area contributed by atoms with Crippen LogP contribution in [0.2, 0.25) is 0 Å². The summed E-state index contributed by atoms with van der Waals surface area (Å²) < 4.78 is 0. The molecule has 0 unspecified atom stereocenters. The van der Waals surface area contributed by atoms with Crippen LogP contribution in [0.3, 0.4) is 0 Å². The number of hydrogen-bond acceptors (Lipinski definition) is 6. The summed E-state index contributed by atoms with van der Waals surface area (Å²) in [6.07, 6.45) is 2.76. The molecule has 3 amide bonds. The molecule has 1 saturated carbocycles. The van der Waals surface area contributed by atoms with Crippen LogP contribution in [0.4, 0.5) is 5.13 Å². The molecule has 5 rings (SSSR count). The quantitative estimate of drug-likeness (QED) is 0.783. The Bertz CT molecular complexity index is 947. The van der Waals surface area contributed by atoms with Crippen LogP contribution >= 0.6 is 11.3 Å². The first-order chi connectivity index (χ1) is 13.6. The zero-order chi connectivity index (χ0) is 19.3. The van der Waals surface area contributed by atoms with Gasteiger partial charge < -0.3 is 5.32 Å². The smallest absolute Gasteiger partial charge is 0.261 e. The van der Waals surface area contributed by atoms with Gasteiger partial charge in [-0.3, -0.25) is 24.2 Å². The maximum absolute atomic E-state index is 12.5. The molecule has 1 aliphatic carbocycles. The summed E-state index contributed by atoms with van der Waals surface area (Å²) in [4.78, 5) is 46.2. The van der Waals surface area contributed by atoms with Crippen molar-refractivity contribution < 1.29 is 14.4 Å². The summed E-state index contributed by atoms with van der Waals surface area (Å²) in [6.45, 7) is 2.57. The molecule has 1 aromatic heterocycles. The first kappa shape index (κ1) is 17.5. The number of aromatic nitrogens is 1. The minimum Gasteiger partial charge on any atom is -0.302 e. The number of carbonyl (C=O) groups is 3. The second-order valence-corrected chi connectivity index (χ2v) is 8.57. The number of carbonyl (C=O) groups excluding carboxylic acids is 3. The van der Waals surface area contributed by atoms with Gasteiger partial charge in [-0.15, -0.1) is 11.3 Å². The fraction of sp³-hybridized carbons (Fsp3) is 0.400. The molecular formula is C20H20N4O3S. The summed E-state index contributed by atoms with van der Waals surface area (Å²) in [5.41, 5.74) is 2.03. The highest BCUT2D eigenvalue weighted by molar-refractivity contribution is 7.15. The zero-order valence-corrected chi connectivity index (χ0v) is 16.1. The van der Waals surface area contributed by atoms with Crippen LogP contribution in [0.25, 0.3) is 0 Å². The zero-order valence-electron chi connectivity index (χ0n) is 15.3. The number of hydrogen-bond donors (Lipinski definition) is 1. The molecule has 0 bridgehead atoms. The minimum atomic E-state index is -0.207. The van der Waals surface area contributed by atoms with Crippen LogP contribution in [0.1, 0.15) is 44.1 Å². The number of imide groups is 1. The van der Waals surface area contributed by atoms with Crippen LogP contribution in [-0.2, 0) is 17.8 Å². The first-order valence-electron chi connectivity index (χ1n) is 9.57. The molecule has 3 heterocycles. The molecule has 2 aliphatic heterocycles. The standard InChI is InChI=1S/C20H20N4O3S/c25-17(12-5-6-12)22-20-21-15-7-8-23(11-16(15)28-20)9-10-24-18(26)13-3-1-2-4-14(13)19(24)27/h1-4,12H,5-11H2,(H,21,22,25). The Morgan fingerprint density at radius 2 is 1.86 bits per heavy atom. The molecular weight excluding hydrogens is 376 g/mol. The van der Waals surface area contributed by atoms with E-state index in [1.54, 1.807) is 24.3 Å². The van der Waals surface area contributed by atoms with Gasteiger partial charge in [0.1, 0.15) is 0 Å². The molecule has 0 atom stereocenters. The Kier molecular flexibility index (Phi) is 4.25. The van der Waals surface area contributed by atoms with Crippen molar-refractivity contribution in [3.8, 4) is 0 Å². The highest BCUT2D eigenvalue weighted by Gasteiger charge is 2.35. The maximum Gasteiger partial charge on any atom is 0.261 e. The average molecular weight is 396 g/mol. The number of nitrogens with one attached hydrogen (secondary N) is 1. The average Bonchev–Trinajstić information content (AvgIpc) is 3.43. The van der Waals surface area contributed by atoms with Gasteiger partial charge in [0.05, 0.1) is 16.8 Å². The third-order valence-corrected chi connectivity index (χ3v) is 6.50. The molecule has 7 nitrogen and oxygen atoms in total. The fourth-order valence-corrected chi connectivity index (χ4v) is 4.78. The molecule has 8 heteroatoms. The molecule has 0 spiro atoms. The maximum atomic E-state index is 12.5. The Morgan fingerprint density at radius 1 is 1.14 bits per heavy atom. The van der Waals surface area contributed by atoms with E-state index in [0.717, 1.165) is 42.9 Å². The SMILES string of the molecule is O=C(Nc1nc2c(s1)CN(CCN1C(=O)c3ccccc3C1=O)CC2)C1CC1. The number of amides is 3. The van der Waals surface area contributed by atoms with Gasteiger partial charge in [-0.1, -0.05) is 12.1 Å². The number of thiazole rings is 1. The van der Waals surface area contributed by atoms with Crippen molar-refractivity contribution in [2.75, 3.05) is 25.0 Å². The van der Waals surface area contributed by atoms with E-state index in [4.69, 9.17) is 0 Å². The molecule has 1 N–H and O–H groups in total. The molecule has 1 aromatic carbocycles. The Balaban J connectivity index is 1.20. The molecule has 0 saturated heterocycles. The van der Waals surface area contributed by atoms with E-state index in [2.05, 4.69) is 15.2 Å². The molecule has 3 aliphatic rings. The lowest BCUT2D eigenvalue weighted by molar-refractivity contribution is -0.117. The van der Waals surface area contributed by atoms with E-state index < -0.39 is 0 Å². The van der Waals surface area contributed by atoms with Crippen LogP contribution in [0.15, 0.2) is 24.3 Å². The second kappa shape index (κ2) is 6.79. The summed E-state index contributed by atoms with van der Waals surface area (Å²) in [5.74, 6) is -0.173. The molecule has 0 radical (unpaired) electrons. The topological polar surface area (TPSA) is 82.6 Å².